The molecule has 2 heteroatoms. The largest absolute Gasteiger partial charge is 0.350 e. The first-order valence-corrected chi connectivity index (χ1v) is 3.27. The van der Waals surface area contributed by atoms with Gasteiger partial charge in [0.05, 0.1) is 6.10 Å². The number of rotatable bonds is 1. The zero-order valence-electron chi connectivity index (χ0n) is 5.46. The van der Waals surface area contributed by atoms with Gasteiger partial charge in [-0.3, -0.25) is 0 Å². The van der Waals surface area contributed by atoms with Crippen molar-refractivity contribution in [3.63, 3.8) is 0 Å². The van der Waals surface area contributed by atoms with Crippen LogP contribution in [0, 0.1) is 0 Å². The van der Waals surface area contributed by atoms with Crippen LogP contribution in [0.15, 0.2) is 12.2 Å². The van der Waals surface area contributed by atoms with Gasteiger partial charge in [-0.25, -0.2) is 0 Å². The van der Waals surface area contributed by atoms with Crippen molar-refractivity contribution in [1.29, 1.82) is 0 Å². The molecule has 0 aromatic rings. The fourth-order valence-corrected chi connectivity index (χ4v) is 1.45. The molecule has 1 fully saturated rings. The second kappa shape index (κ2) is 1.58. The van der Waals surface area contributed by atoms with Crippen LogP contribution in [-0.4, -0.2) is 19.0 Å². The lowest BCUT2D eigenvalue weighted by Crippen LogP contribution is -2.24. The van der Waals surface area contributed by atoms with Crippen molar-refractivity contribution in [3.05, 3.63) is 12.2 Å². The predicted octanol–water partition coefficient (Wildman–Crippen LogP) is 1.08. The van der Waals surface area contributed by atoms with E-state index in [1.807, 2.05) is 6.08 Å². The molecule has 1 saturated heterocycles. The summed E-state index contributed by atoms with van der Waals surface area (Å²) in [5.41, 5.74) is 0. The molecule has 0 saturated carbocycles. The number of ether oxygens (including phenoxy) is 2. The number of methoxy groups -OCH3 is 1. The van der Waals surface area contributed by atoms with Crippen LogP contribution in [0.3, 0.4) is 0 Å². The molecule has 2 aliphatic rings. The normalized spacial score (nSPS) is 46.6. The second-order valence-electron chi connectivity index (χ2n) is 2.57. The summed E-state index contributed by atoms with van der Waals surface area (Å²) < 4.78 is 10.7. The Labute approximate surface area is 54.5 Å². The molecule has 0 N–H and O–H groups in total. The summed E-state index contributed by atoms with van der Waals surface area (Å²) in [5.74, 6) is -0.329. The summed E-state index contributed by atoms with van der Waals surface area (Å²) in [4.78, 5) is 0. The van der Waals surface area contributed by atoms with Gasteiger partial charge in [-0.1, -0.05) is 6.08 Å². The lowest BCUT2D eigenvalue weighted by molar-refractivity contribution is -0.157. The fraction of sp³-hybridized carbons (Fsp3) is 0.714. The third kappa shape index (κ3) is 0.635. The van der Waals surface area contributed by atoms with E-state index in [1.54, 1.807) is 7.11 Å². The standard InChI is InChI=1S/C7H10O2/c1-8-7-4-2-6(9-7)3-5-7/h2,4,6H,3,5H2,1H3. The van der Waals surface area contributed by atoms with Crippen LogP contribution in [0.2, 0.25) is 0 Å². The topological polar surface area (TPSA) is 18.5 Å². The van der Waals surface area contributed by atoms with Crippen LogP contribution in [0.5, 0.6) is 0 Å². The summed E-state index contributed by atoms with van der Waals surface area (Å²) in [6, 6.07) is 0. The highest BCUT2D eigenvalue weighted by atomic mass is 16.7. The van der Waals surface area contributed by atoms with Gasteiger partial charge in [0.1, 0.15) is 0 Å². The molecule has 0 spiro atoms. The Morgan fingerprint density at radius 2 is 2.67 bits per heavy atom. The average Bonchev–Trinajstić information content (AvgIpc) is 2.46. The predicted molar refractivity (Wildman–Crippen MR) is 33.0 cm³/mol. The first-order chi connectivity index (χ1) is 4.35. The van der Waals surface area contributed by atoms with E-state index in [2.05, 4.69) is 6.08 Å². The molecule has 2 unspecified atom stereocenters. The molecule has 0 radical (unpaired) electrons. The Kier molecular flexibility index (Phi) is 0.957. The monoisotopic (exact) mass is 126 g/mol. The van der Waals surface area contributed by atoms with Gasteiger partial charge in [0.15, 0.2) is 5.79 Å². The van der Waals surface area contributed by atoms with Gasteiger partial charge in [-0.2, -0.15) is 0 Å². The number of fused-ring (bicyclic) bond motifs is 2. The highest BCUT2D eigenvalue weighted by molar-refractivity contribution is 5.12. The van der Waals surface area contributed by atoms with Gasteiger partial charge in [0.2, 0.25) is 0 Å². The van der Waals surface area contributed by atoms with E-state index in [-0.39, 0.29) is 5.79 Å². The molecule has 2 heterocycles. The molecule has 2 rings (SSSR count). The zero-order valence-corrected chi connectivity index (χ0v) is 5.46. The lowest BCUT2D eigenvalue weighted by atomic mass is 10.1. The molecule has 2 nitrogen and oxygen atoms in total. The van der Waals surface area contributed by atoms with E-state index in [9.17, 15) is 0 Å². The Hall–Kier alpha value is -0.340. The highest BCUT2D eigenvalue weighted by Gasteiger charge is 2.41. The molecule has 0 amide bonds. The van der Waals surface area contributed by atoms with Crippen molar-refractivity contribution in [1.82, 2.24) is 0 Å². The number of hydrogen-bond acceptors (Lipinski definition) is 2. The molecule has 50 valence electrons. The fourth-order valence-electron chi connectivity index (χ4n) is 1.45. The van der Waals surface area contributed by atoms with Gasteiger partial charge in [-0.15, -0.1) is 0 Å². The summed E-state index contributed by atoms with van der Waals surface area (Å²) in [6.07, 6.45) is 6.56. The molecular weight excluding hydrogens is 116 g/mol. The average molecular weight is 126 g/mol. The van der Waals surface area contributed by atoms with Crippen molar-refractivity contribution in [2.45, 2.75) is 24.7 Å². The Bertz CT molecular complexity index is 153. The van der Waals surface area contributed by atoms with E-state index in [4.69, 9.17) is 9.47 Å². The van der Waals surface area contributed by atoms with Crippen molar-refractivity contribution in [2.75, 3.05) is 7.11 Å². The quantitative estimate of drug-likeness (QED) is 0.489. The van der Waals surface area contributed by atoms with E-state index < -0.39 is 0 Å². The third-order valence-electron chi connectivity index (χ3n) is 2.04. The maximum Gasteiger partial charge on any atom is 0.188 e. The van der Waals surface area contributed by atoms with Crippen LogP contribution in [0.4, 0.5) is 0 Å². The van der Waals surface area contributed by atoms with Gasteiger partial charge >= 0.3 is 0 Å². The van der Waals surface area contributed by atoms with Crippen LogP contribution in [0.25, 0.3) is 0 Å². The molecule has 0 aromatic heterocycles. The van der Waals surface area contributed by atoms with E-state index in [1.165, 1.54) is 0 Å². The van der Waals surface area contributed by atoms with Crippen LogP contribution in [-0.2, 0) is 9.47 Å². The Morgan fingerprint density at radius 3 is 2.89 bits per heavy atom. The smallest absolute Gasteiger partial charge is 0.188 e. The second-order valence-corrected chi connectivity index (χ2v) is 2.57. The van der Waals surface area contributed by atoms with Gasteiger partial charge < -0.3 is 9.47 Å². The molecule has 2 atom stereocenters. The van der Waals surface area contributed by atoms with Gasteiger partial charge in [-0.05, 0) is 12.5 Å². The van der Waals surface area contributed by atoms with Crippen molar-refractivity contribution in [2.24, 2.45) is 0 Å². The first kappa shape index (κ1) is 5.45. The summed E-state index contributed by atoms with van der Waals surface area (Å²) in [6.45, 7) is 0. The Morgan fingerprint density at radius 1 is 1.78 bits per heavy atom. The third-order valence-corrected chi connectivity index (χ3v) is 2.04. The molecule has 2 bridgehead atoms. The zero-order chi connectivity index (χ0) is 6.32. The SMILES string of the molecule is COC12C=CC(CC1)O2. The van der Waals surface area contributed by atoms with Crippen LogP contribution in [0.1, 0.15) is 12.8 Å². The van der Waals surface area contributed by atoms with E-state index in [0.29, 0.717) is 6.10 Å². The van der Waals surface area contributed by atoms with Crippen molar-refractivity contribution >= 4 is 0 Å². The first-order valence-electron chi connectivity index (χ1n) is 3.27. The lowest BCUT2D eigenvalue weighted by Gasteiger charge is -2.19. The van der Waals surface area contributed by atoms with Gasteiger partial charge in [0, 0.05) is 13.5 Å². The maximum absolute atomic E-state index is 5.48. The molecule has 0 aliphatic carbocycles. The minimum absolute atomic E-state index is 0.329. The highest BCUT2D eigenvalue weighted by Crippen LogP contribution is 2.38. The van der Waals surface area contributed by atoms with E-state index >= 15 is 0 Å². The van der Waals surface area contributed by atoms with Crippen molar-refractivity contribution in [3.8, 4) is 0 Å². The number of hydrogen-bond donors (Lipinski definition) is 0. The summed E-state index contributed by atoms with van der Waals surface area (Å²) in [5, 5.41) is 0. The maximum atomic E-state index is 5.48. The van der Waals surface area contributed by atoms with E-state index in [0.717, 1.165) is 12.8 Å². The minimum atomic E-state index is -0.329. The summed E-state index contributed by atoms with van der Waals surface area (Å²) >= 11 is 0. The molecule has 9 heavy (non-hydrogen) atoms. The molecule has 0 aromatic carbocycles. The van der Waals surface area contributed by atoms with Crippen LogP contribution >= 0.6 is 0 Å². The summed E-state index contributed by atoms with van der Waals surface area (Å²) in [7, 11) is 1.69. The van der Waals surface area contributed by atoms with Crippen LogP contribution < -0.4 is 0 Å². The van der Waals surface area contributed by atoms with Gasteiger partial charge in [0.25, 0.3) is 0 Å². The minimum Gasteiger partial charge on any atom is -0.350 e. The molecular formula is C7H10O2. The molecule has 2 aliphatic heterocycles. The Balaban J connectivity index is 2.23. The van der Waals surface area contributed by atoms with Crippen molar-refractivity contribution < 1.29 is 9.47 Å².